The van der Waals surface area contributed by atoms with E-state index in [4.69, 9.17) is 0 Å². The molecule has 3 aromatic rings. The number of hydrogen-bond donors (Lipinski definition) is 2. The van der Waals surface area contributed by atoms with Crippen LogP contribution in [-0.4, -0.2) is 15.2 Å². The highest BCUT2D eigenvalue weighted by molar-refractivity contribution is 9.10. The fourth-order valence-electron chi connectivity index (χ4n) is 2.11. The Morgan fingerprint density at radius 2 is 1.78 bits per heavy atom. The first kappa shape index (κ1) is 15.4. The number of halogens is 1. The van der Waals surface area contributed by atoms with Crippen molar-refractivity contribution in [1.82, 2.24) is 15.2 Å². The van der Waals surface area contributed by atoms with Gasteiger partial charge >= 0.3 is 0 Å². The summed E-state index contributed by atoms with van der Waals surface area (Å²) in [5, 5.41) is 14.5. The van der Waals surface area contributed by atoms with Crippen molar-refractivity contribution in [1.29, 1.82) is 0 Å². The summed E-state index contributed by atoms with van der Waals surface area (Å²) in [7, 11) is 0. The van der Waals surface area contributed by atoms with Crippen LogP contribution in [-0.2, 0) is 0 Å². The molecular formula is C17H16BrN5. The molecule has 0 aliphatic rings. The molecule has 0 amide bonds. The van der Waals surface area contributed by atoms with Gasteiger partial charge in [0.05, 0.1) is 11.9 Å². The van der Waals surface area contributed by atoms with E-state index < -0.39 is 0 Å². The SMILES string of the molecule is Cc1ccc(Nc2nncc(Nc3ccccc3C)n2)c(Br)c1. The molecule has 5 nitrogen and oxygen atoms in total. The third-order valence-electron chi connectivity index (χ3n) is 3.34. The van der Waals surface area contributed by atoms with Gasteiger partial charge in [-0.3, -0.25) is 0 Å². The second-order valence-corrected chi connectivity index (χ2v) is 6.07. The maximum atomic E-state index is 4.45. The van der Waals surface area contributed by atoms with Crippen LogP contribution < -0.4 is 10.6 Å². The smallest absolute Gasteiger partial charge is 0.249 e. The molecule has 0 aliphatic carbocycles. The van der Waals surface area contributed by atoms with Crippen molar-refractivity contribution in [2.24, 2.45) is 0 Å². The lowest BCUT2D eigenvalue weighted by atomic mass is 10.2. The molecule has 0 spiro atoms. The number of nitrogens with one attached hydrogen (secondary N) is 2. The lowest BCUT2D eigenvalue weighted by Gasteiger charge is -2.10. The zero-order chi connectivity index (χ0) is 16.2. The van der Waals surface area contributed by atoms with Gasteiger partial charge in [0, 0.05) is 10.2 Å². The fourth-order valence-corrected chi connectivity index (χ4v) is 2.70. The highest BCUT2D eigenvalue weighted by atomic mass is 79.9. The van der Waals surface area contributed by atoms with Gasteiger partial charge in [0.2, 0.25) is 5.95 Å². The van der Waals surface area contributed by atoms with Gasteiger partial charge in [0.1, 0.15) is 0 Å². The van der Waals surface area contributed by atoms with Gasteiger partial charge in [-0.1, -0.05) is 24.3 Å². The number of para-hydroxylation sites is 1. The molecule has 0 bridgehead atoms. The summed E-state index contributed by atoms with van der Waals surface area (Å²) < 4.78 is 0.957. The van der Waals surface area contributed by atoms with Gasteiger partial charge in [0.15, 0.2) is 5.82 Å². The molecule has 0 atom stereocenters. The van der Waals surface area contributed by atoms with Crippen LogP contribution in [0.5, 0.6) is 0 Å². The first-order chi connectivity index (χ1) is 11.1. The third-order valence-corrected chi connectivity index (χ3v) is 3.99. The average molecular weight is 370 g/mol. The quantitative estimate of drug-likeness (QED) is 0.695. The zero-order valence-corrected chi connectivity index (χ0v) is 14.4. The van der Waals surface area contributed by atoms with Crippen molar-refractivity contribution in [2.45, 2.75) is 13.8 Å². The zero-order valence-electron chi connectivity index (χ0n) is 12.8. The van der Waals surface area contributed by atoms with Crippen LogP contribution in [0.1, 0.15) is 11.1 Å². The molecule has 1 heterocycles. The Labute approximate surface area is 143 Å². The van der Waals surface area contributed by atoms with Crippen LogP contribution in [0.25, 0.3) is 0 Å². The highest BCUT2D eigenvalue weighted by Crippen LogP contribution is 2.26. The lowest BCUT2D eigenvalue weighted by Crippen LogP contribution is -2.03. The van der Waals surface area contributed by atoms with Crippen molar-refractivity contribution < 1.29 is 0 Å². The maximum absolute atomic E-state index is 4.45. The van der Waals surface area contributed by atoms with Crippen molar-refractivity contribution in [3.63, 3.8) is 0 Å². The molecule has 0 saturated carbocycles. The molecule has 0 fully saturated rings. The molecule has 23 heavy (non-hydrogen) atoms. The van der Waals surface area contributed by atoms with Gasteiger partial charge in [-0.15, -0.1) is 5.10 Å². The Balaban J connectivity index is 1.81. The molecule has 116 valence electrons. The van der Waals surface area contributed by atoms with Crippen LogP contribution >= 0.6 is 15.9 Å². The molecule has 0 unspecified atom stereocenters. The van der Waals surface area contributed by atoms with E-state index in [9.17, 15) is 0 Å². The minimum Gasteiger partial charge on any atom is -0.339 e. The van der Waals surface area contributed by atoms with E-state index in [-0.39, 0.29) is 0 Å². The van der Waals surface area contributed by atoms with Crippen LogP contribution in [0.3, 0.4) is 0 Å². The summed E-state index contributed by atoms with van der Waals surface area (Å²) in [6.07, 6.45) is 1.60. The Morgan fingerprint density at radius 1 is 0.957 bits per heavy atom. The topological polar surface area (TPSA) is 62.7 Å². The molecule has 2 aromatic carbocycles. The molecular weight excluding hydrogens is 354 g/mol. The molecule has 6 heteroatoms. The van der Waals surface area contributed by atoms with E-state index in [0.29, 0.717) is 11.8 Å². The van der Waals surface area contributed by atoms with E-state index >= 15 is 0 Å². The van der Waals surface area contributed by atoms with Crippen molar-refractivity contribution in [3.05, 3.63) is 64.3 Å². The second-order valence-electron chi connectivity index (χ2n) is 5.21. The summed E-state index contributed by atoms with van der Waals surface area (Å²) in [6.45, 7) is 4.08. The molecule has 1 aromatic heterocycles. The monoisotopic (exact) mass is 369 g/mol. The van der Waals surface area contributed by atoms with Crippen molar-refractivity contribution in [2.75, 3.05) is 10.6 Å². The summed E-state index contributed by atoms with van der Waals surface area (Å²) in [4.78, 5) is 4.45. The Hall–Kier alpha value is -2.47. The summed E-state index contributed by atoms with van der Waals surface area (Å²) in [6, 6.07) is 14.1. The van der Waals surface area contributed by atoms with E-state index in [1.165, 1.54) is 5.56 Å². The van der Waals surface area contributed by atoms with Crippen LogP contribution in [0.4, 0.5) is 23.1 Å². The normalized spacial score (nSPS) is 10.4. The van der Waals surface area contributed by atoms with E-state index in [1.54, 1.807) is 6.20 Å². The van der Waals surface area contributed by atoms with Gasteiger partial charge in [0.25, 0.3) is 0 Å². The van der Waals surface area contributed by atoms with Gasteiger partial charge in [-0.2, -0.15) is 10.1 Å². The highest BCUT2D eigenvalue weighted by Gasteiger charge is 2.05. The minimum absolute atomic E-state index is 0.438. The standard InChI is InChI=1S/C17H16BrN5/c1-11-7-8-15(13(18)9-11)21-17-22-16(10-19-23-17)20-14-6-4-3-5-12(14)2/h3-10H,1-2H3,(H2,20,21,22,23). The van der Waals surface area contributed by atoms with Crippen molar-refractivity contribution >= 4 is 39.1 Å². The third kappa shape index (κ3) is 3.84. The molecule has 0 aliphatic heterocycles. The number of aryl methyl sites for hydroxylation is 2. The predicted molar refractivity (Wildman–Crippen MR) is 96.5 cm³/mol. The molecule has 2 N–H and O–H groups in total. The summed E-state index contributed by atoms with van der Waals surface area (Å²) >= 11 is 3.53. The summed E-state index contributed by atoms with van der Waals surface area (Å²) in [5.41, 5.74) is 4.21. The Kier molecular flexibility index (Phi) is 4.52. The van der Waals surface area contributed by atoms with Gasteiger partial charge in [-0.05, 0) is 59.1 Å². The first-order valence-corrected chi connectivity index (χ1v) is 7.97. The number of nitrogens with zero attached hydrogens (tertiary/aromatic N) is 3. The average Bonchev–Trinajstić information content (AvgIpc) is 2.53. The van der Waals surface area contributed by atoms with Gasteiger partial charge < -0.3 is 10.6 Å². The van der Waals surface area contributed by atoms with Crippen LogP contribution in [0, 0.1) is 13.8 Å². The number of aromatic nitrogens is 3. The van der Waals surface area contributed by atoms with E-state index in [1.807, 2.05) is 56.3 Å². The number of rotatable bonds is 4. The number of benzene rings is 2. The molecule has 0 saturated heterocycles. The predicted octanol–water partition coefficient (Wildman–Crippen LogP) is 4.74. The number of anilines is 4. The van der Waals surface area contributed by atoms with E-state index in [0.717, 1.165) is 21.4 Å². The maximum Gasteiger partial charge on any atom is 0.249 e. The summed E-state index contributed by atoms with van der Waals surface area (Å²) in [5.74, 6) is 1.08. The van der Waals surface area contributed by atoms with Crippen LogP contribution in [0.2, 0.25) is 0 Å². The van der Waals surface area contributed by atoms with Crippen molar-refractivity contribution in [3.8, 4) is 0 Å². The van der Waals surface area contributed by atoms with E-state index in [2.05, 4.69) is 41.7 Å². The Morgan fingerprint density at radius 3 is 2.57 bits per heavy atom. The van der Waals surface area contributed by atoms with Crippen LogP contribution in [0.15, 0.2) is 53.1 Å². The Bertz CT molecular complexity index is 835. The largest absolute Gasteiger partial charge is 0.339 e. The lowest BCUT2D eigenvalue weighted by molar-refractivity contribution is 0.982. The molecule has 0 radical (unpaired) electrons. The first-order valence-electron chi connectivity index (χ1n) is 7.17. The fraction of sp³-hybridized carbons (Fsp3) is 0.118. The number of hydrogen-bond acceptors (Lipinski definition) is 5. The minimum atomic E-state index is 0.438. The second kappa shape index (κ2) is 6.75. The molecule has 3 rings (SSSR count). The van der Waals surface area contributed by atoms with Gasteiger partial charge in [-0.25, -0.2) is 0 Å².